The molecule has 2 N–H and O–H groups in total. The molecule has 0 spiro atoms. The van der Waals surface area contributed by atoms with E-state index in [1.54, 1.807) is 12.3 Å². The molecule has 0 radical (unpaired) electrons. The minimum Gasteiger partial charge on any atom is -0.439 e. The maximum Gasteiger partial charge on any atom is 0.240 e. The highest BCUT2D eigenvalue weighted by Gasteiger charge is 2.27. The van der Waals surface area contributed by atoms with Gasteiger partial charge in [-0.15, -0.1) is 0 Å². The fraction of sp³-hybridized carbons (Fsp3) is 0.333. The lowest BCUT2D eigenvalue weighted by atomic mass is 10.1. The first-order chi connectivity index (χ1) is 11.7. The van der Waals surface area contributed by atoms with Gasteiger partial charge in [0.1, 0.15) is 11.8 Å². The molecule has 2 atom stereocenters. The van der Waals surface area contributed by atoms with Gasteiger partial charge in [-0.3, -0.25) is 4.79 Å². The van der Waals surface area contributed by atoms with E-state index < -0.39 is 0 Å². The Balaban J connectivity index is 1.51. The van der Waals surface area contributed by atoms with E-state index in [1.165, 1.54) is 0 Å². The van der Waals surface area contributed by atoms with E-state index in [0.29, 0.717) is 25.6 Å². The molecule has 6 heteroatoms. The van der Waals surface area contributed by atoms with Crippen LogP contribution >= 0.6 is 0 Å². The van der Waals surface area contributed by atoms with Crippen molar-refractivity contribution in [1.29, 1.82) is 0 Å². The number of carbonyl (C=O) groups is 1. The van der Waals surface area contributed by atoms with E-state index in [-0.39, 0.29) is 18.1 Å². The number of amides is 1. The summed E-state index contributed by atoms with van der Waals surface area (Å²) in [5.74, 6) is 1.20. The minimum atomic E-state index is -0.313. The molecule has 1 saturated heterocycles. The monoisotopic (exact) mass is 327 g/mol. The van der Waals surface area contributed by atoms with Gasteiger partial charge in [0, 0.05) is 25.4 Å². The van der Waals surface area contributed by atoms with Gasteiger partial charge in [-0.25, -0.2) is 4.98 Å². The predicted octanol–water partition coefficient (Wildman–Crippen LogP) is 1.87. The zero-order valence-corrected chi connectivity index (χ0v) is 13.6. The van der Waals surface area contributed by atoms with Gasteiger partial charge in [0.15, 0.2) is 0 Å². The van der Waals surface area contributed by atoms with E-state index >= 15 is 0 Å². The first-order valence-electron chi connectivity index (χ1n) is 8.03. The molecular formula is C18H21N3O3. The summed E-state index contributed by atoms with van der Waals surface area (Å²) < 4.78 is 11.1. The van der Waals surface area contributed by atoms with Crippen LogP contribution in [0.3, 0.4) is 0 Å². The quantitative estimate of drug-likeness (QED) is 0.877. The van der Waals surface area contributed by atoms with Gasteiger partial charge in [0.25, 0.3) is 0 Å². The third-order valence-corrected chi connectivity index (χ3v) is 3.83. The molecule has 0 bridgehead atoms. The summed E-state index contributed by atoms with van der Waals surface area (Å²) in [6.07, 6.45) is 1.57. The molecule has 126 valence electrons. The third-order valence-electron chi connectivity index (χ3n) is 3.83. The molecule has 6 nitrogen and oxygen atoms in total. The van der Waals surface area contributed by atoms with Crippen molar-refractivity contribution in [1.82, 2.24) is 15.6 Å². The van der Waals surface area contributed by atoms with Crippen LogP contribution in [0.4, 0.5) is 0 Å². The molecule has 1 aromatic carbocycles. The number of morpholine rings is 1. The number of aromatic nitrogens is 1. The maximum atomic E-state index is 12.2. The van der Waals surface area contributed by atoms with Gasteiger partial charge in [-0.1, -0.05) is 24.3 Å². The minimum absolute atomic E-state index is 0.0631. The van der Waals surface area contributed by atoms with Crippen molar-refractivity contribution >= 4 is 5.91 Å². The van der Waals surface area contributed by atoms with Crippen LogP contribution in [0.5, 0.6) is 11.6 Å². The van der Waals surface area contributed by atoms with Crippen LogP contribution in [0, 0.1) is 0 Å². The van der Waals surface area contributed by atoms with Crippen LogP contribution in [0.2, 0.25) is 0 Å². The summed E-state index contributed by atoms with van der Waals surface area (Å²) in [4.78, 5) is 16.5. The average Bonchev–Trinajstić information content (AvgIpc) is 2.62. The average molecular weight is 327 g/mol. The van der Waals surface area contributed by atoms with Gasteiger partial charge in [0.2, 0.25) is 11.8 Å². The lowest BCUT2D eigenvalue weighted by Gasteiger charge is -2.29. The molecule has 0 unspecified atom stereocenters. The topological polar surface area (TPSA) is 72.5 Å². The second kappa shape index (κ2) is 7.90. The van der Waals surface area contributed by atoms with Crippen molar-refractivity contribution < 1.29 is 14.3 Å². The molecule has 2 heterocycles. The number of benzene rings is 1. The van der Waals surface area contributed by atoms with Crippen molar-refractivity contribution in [3.8, 4) is 11.6 Å². The van der Waals surface area contributed by atoms with Gasteiger partial charge >= 0.3 is 0 Å². The summed E-state index contributed by atoms with van der Waals surface area (Å²) in [5, 5.41) is 6.07. The number of carbonyl (C=O) groups excluding carboxylic acids is 1. The van der Waals surface area contributed by atoms with Crippen LogP contribution in [0.1, 0.15) is 12.5 Å². The highest BCUT2D eigenvalue weighted by molar-refractivity contribution is 5.82. The summed E-state index contributed by atoms with van der Waals surface area (Å²) in [5.41, 5.74) is 0.910. The molecule has 1 aliphatic heterocycles. The Labute approximate surface area is 141 Å². The summed E-state index contributed by atoms with van der Waals surface area (Å²) in [7, 11) is 0. The van der Waals surface area contributed by atoms with Crippen molar-refractivity contribution in [3.63, 3.8) is 0 Å². The molecule has 2 aromatic rings. The van der Waals surface area contributed by atoms with Crippen LogP contribution in [0.25, 0.3) is 0 Å². The first-order valence-corrected chi connectivity index (χ1v) is 8.03. The molecule has 24 heavy (non-hydrogen) atoms. The number of nitrogens with one attached hydrogen (secondary N) is 2. The largest absolute Gasteiger partial charge is 0.439 e. The number of rotatable bonds is 5. The molecule has 1 amide bonds. The normalized spacial score (nSPS) is 20.4. The Kier molecular flexibility index (Phi) is 5.40. The van der Waals surface area contributed by atoms with Crippen LogP contribution in [-0.2, 0) is 16.1 Å². The van der Waals surface area contributed by atoms with Crippen molar-refractivity contribution in [2.24, 2.45) is 0 Å². The van der Waals surface area contributed by atoms with Crippen LogP contribution in [0.15, 0.2) is 48.7 Å². The number of pyridine rings is 1. The molecule has 1 fully saturated rings. The highest BCUT2D eigenvalue weighted by Crippen LogP contribution is 2.18. The molecule has 1 aliphatic rings. The van der Waals surface area contributed by atoms with Crippen molar-refractivity contribution in [2.75, 3.05) is 13.2 Å². The second-order valence-electron chi connectivity index (χ2n) is 5.65. The molecule has 0 saturated carbocycles. The van der Waals surface area contributed by atoms with Gasteiger partial charge in [0.05, 0.1) is 12.7 Å². The van der Waals surface area contributed by atoms with Crippen molar-refractivity contribution in [2.45, 2.75) is 25.6 Å². The van der Waals surface area contributed by atoms with E-state index in [4.69, 9.17) is 9.47 Å². The third kappa shape index (κ3) is 4.31. The van der Waals surface area contributed by atoms with E-state index in [0.717, 1.165) is 11.3 Å². The zero-order valence-electron chi connectivity index (χ0n) is 13.6. The Morgan fingerprint density at radius 1 is 1.33 bits per heavy atom. The lowest BCUT2D eigenvalue weighted by molar-refractivity contribution is -0.129. The second-order valence-corrected chi connectivity index (χ2v) is 5.65. The number of para-hydroxylation sites is 1. The molecule has 3 rings (SSSR count). The van der Waals surface area contributed by atoms with E-state index in [2.05, 4.69) is 15.6 Å². The number of ether oxygens (including phenoxy) is 2. The smallest absolute Gasteiger partial charge is 0.240 e. The van der Waals surface area contributed by atoms with Crippen LogP contribution in [-0.4, -0.2) is 36.2 Å². The maximum absolute atomic E-state index is 12.2. The predicted molar refractivity (Wildman–Crippen MR) is 89.8 cm³/mol. The van der Waals surface area contributed by atoms with E-state index in [9.17, 15) is 4.79 Å². The zero-order chi connectivity index (χ0) is 16.8. The Morgan fingerprint density at radius 3 is 2.88 bits per heavy atom. The summed E-state index contributed by atoms with van der Waals surface area (Å²) in [6, 6.07) is 12.9. The Bertz CT molecular complexity index is 661. The van der Waals surface area contributed by atoms with Gasteiger partial charge < -0.3 is 20.1 Å². The number of nitrogens with zero attached hydrogens (tertiary/aromatic N) is 1. The molecule has 0 aliphatic carbocycles. The Hall–Kier alpha value is -2.44. The number of hydrogen-bond donors (Lipinski definition) is 2. The molecule has 1 aromatic heterocycles. The van der Waals surface area contributed by atoms with Crippen LogP contribution < -0.4 is 15.4 Å². The van der Waals surface area contributed by atoms with Crippen molar-refractivity contribution in [3.05, 3.63) is 54.2 Å². The highest BCUT2D eigenvalue weighted by atomic mass is 16.5. The first kappa shape index (κ1) is 16.4. The van der Waals surface area contributed by atoms with Gasteiger partial charge in [-0.2, -0.15) is 0 Å². The summed E-state index contributed by atoms with van der Waals surface area (Å²) in [6.45, 7) is 3.64. The lowest BCUT2D eigenvalue weighted by Crippen LogP contribution is -2.55. The summed E-state index contributed by atoms with van der Waals surface area (Å²) >= 11 is 0. The SMILES string of the molecule is C[C@H]1OCCN[C@@H]1C(=O)NCc1ccc(Oc2ccccc2)nc1. The fourth-order valence-electron chi connectivity index (χ4n) is 2.51. The number of hydrogen-bond acceptors (Lipinski definition) is 5. The fourth-order valence-corrected chi connectivity index (χ4v) is 2.51. The van der Waals surface area contributed by atoms with Gasteiger partial charge in [-0.05, 0) is 24.6 Å². The Morgan fingerprint density at radius 2 is 2.17 bits per heavy atom. The van der Waals surface area contributed by atoms with E-state index in [1.807, 2.05) is 43.3 Å². The molecular weight excluding hydrogens is 306 g/mol. The standard InChI is InChI=1S/C18H21N3O3/c1-13-17(19-9-10-23-13)18(22)21-12-14-7-8-16(20-11-14)24-15-5-3-2-4-6-15/h2-8,11,13,17,19H,9-10,12H2,1H3,(H,21,22)/t13-,17+/m1/s1.